The van der Waals surface area contributed by atoms with Crippen LogP contribution in [0.3, 0.4) is 0 Å². The van der Waals surface area contributed by atoms with E-state index in [0.29, 0.717) is 6.42 Å². The molecule has 0 N–H and O–H groups in total. The summed E-state index contributed by atoms with van der Waals surface area (Å²) >= 11 is 0. The summed E-state index contributed by atoms with van der Waals surface area (Å²) in [4.78, 5) is 60.7. The zero-order valence-electron chi connectivity index (χ0n) is 30.6. The second-order valence-corrected chi connectivity index (χ2v) is 14.1. The van der Waals surface area contributed by atoms with Gasteiger partial charge in [-0.1, -0.05) is 33.7 Å². The Labute approximate surface area is 299 Å². The number of likely N-dealkylation sites (N-methyl/N-ethyl adjacent to an activating group) is 1. The monoisotopic (exact) mass is 853 g/mol. The number of methoxy groups -OCH3 is 1. The molecule has 48 heavy (non-hydrogen) atoms. The Kier molecular flexibility index (Phi) is 15.4. The molecule has 0 aromatic heterocycles. The minimum absolute atomic E-state index is 0. The minimum atomic E-state index is -1.40. The van der Waals surface area contributed by atoms with Gasteiger partial charge in [-0.2, -0.15) is 0 Å². The van der Waals surface area contributed by atoms with Crippen LogP contribution in [0.2, 0.25) is 0 Å². The van der Waals surface area contributed by atoms with Gasteiger partial charge in [0.15, 0.2) is 12.1 Å². The number of aliphatic imine (C=N–C) groups is 1. The van der Waals surface area contributed by atoms with E-state index in [4.69, 9.17) is 28.4 Å². The Hall–Kier alpha value is -1.79. The first-order valence-corrected chi connectivity index (χ1v) is 16.7. The summed E-state index contributed by atoms with van der Waals surface area (Å²) in [5.41, 5.74) is -2.66. The van der Waals surface area contributed by atoms with E-state index in [1.165, 1.54) is 6.92 Å². The van der Waals surface area contributed by atoms with Crippen molar-refractivity contribution in [3.8, 4) is 0 Å². The fraction of sp³-hybridized carbons (Fsp3) is 0.853. The molecular formula is C34H56N3O10Re-. The third-order valence-electron chi connectivity index (χ3n) is 10.3. The van der Waals surface area contributed by atoms with Crippen LogP contribution in [-0.2, 0) is 63.2 Å². The molecule has 3 saturated heterocycles. The number of cyclic esters (lactones) is 1. The van der Waals surface area contributed by atoms with Crippen LogP contribution >= 0.6 is 0 Å². The summed E-state index contributed by atoms with van der Waals surface area (Å²) in [6.45, 7) is 13.9. The Balaban J connectivity index is 0.00000800. The van der Waals surface area contributed by atoms with Crippen molar-refractivity contribution in [3.63, 3.8) is 0 Å². The fourth-order valence-corrected chi connectivity index (χ4v) is 7.60. The molecule has 0 aromatic carbocycles. The first-order chi connectivity index (χ1) is 21.9. The van der Waals surface area contributed by atoms with E-state index in [-0.39, 0.29) is 57.8 Å². The van der Waals surface area contributed by atoms with Gasteiger partial charge in [0, 0.05) is 64.6 Å². The Morgan fingerprint density at radius 1 is 1.04 bits per heavy atom. The molecule has 275 valence electrons. The summed E-state index contributed by atoms with van der Waals surface area (Å²) in [5, 5.41) is 4.17. The maximum Gasteiger partial charge on any atom is 0.316 e. The van der Waals surface area contributed by atoms with Crippen LogP contribution in [0, 0.1) is 23.7 Å². The zero-order valence-corrected chi connectivity index (χ0v) is 33.3. The van der Waals surface area contributed by atoms with Crippen LogP contribution in [-0.4, -0.2) is 124 Å². The summed E-state index contributed by atoms with van der Waals surface area (Å²) in [6, 6.07) is -0.960. The van der Waals surface area contributed by atoms with Crippen LogP contribution in [0.5, 0.6) is 0 Å². The van der Waals surface area contributed by atoms with Crippen molar-refractivity contribution in [1.82, 2.24) is 4.90 Å². The van der Waals surface area contributed by atoms with Crippen LogP contribution in [0.4, 0.5) is 4.79 Å². The van der Waals surface area contributed by atoms with Gasteiger partial charge in [0.2, 0.25) is 6.09 Å². The number of esters is 1. The molecule has 0 saturated carbocycles. The van der Waals surface area contributed by atoms with Gasteiger partial charge >= 0.3 is 5.97 Å². The molecular weight excluding hydrogens is 797 g/mol. The van der Waals surface area contributed by atoms with Gasteiger partial charge < -0.3 is 38.6 Å². The number of Topliss-reactive ketones (excluding diaryl/α,β-unsaturated/α-hetero) is 2. The van der Waals surface area contributed by atoms with Crippen LogP contribution in [0.15, 0.2) is 4.99 Å². The average Bonchev–Trinajstić information content (AvgIpc) is 3.33. The summed E-state index contributed by atoms with van der Waals surface area (Å²) in [6.07, 6.45) is -1.64. The maximum atomic E-state index is 14.2. The van der Waals surface area contributed by atoms with Crippen LogP contribution in [0.1, 0.15) is 74.7 Å². The first-order valence-electron chi connectivity index (χ1n) is 16.7. The second kappa shape index (κ2) is 17.4. The van der Waals surface area contributed by atoms with Gasteiger partial charge in [-0.3, -0.25) is 24.2 Å². The summed E-state index contributed by atoms with van der Waals surface area (Å²) < 4.78 is 37.1. The second-order valence-electron chi connectivity index (χ2n) is 14.1. The quantitative estimate of drug-likeness (QED) is 0.198. The number of amides is 1. The predicted molar refractivity (Wildman–Crippen MR) is 174 cm³/mol. The molecule has 1 amide bonds. The molecule has 3 rings (SSSR count). The van der Waals surface area contributed by atoms with E-state index in [9.17, 15) is 19.2 Å². The van der Waals surface area contributed by atoms with Crippen molar-refractivity contribution in [2.45, 2.75) is 129 Å². The minimum Gasteiger partial charge on any atom is -0.611 e. The van der Waals surface area contributed by atoms with Crippen molar-refractivity contribution < 1.29 is 68.0 Å². The largest absolute Gasteiger partial charge is 0.611 e. The molecule has 0 unspecified atom stereocenters. The molecule has 14 heteroatoms. The maximum absolute atomic E-state index is 14.2. The van der Waals surface area contributed by atoms with Gasteiger partial charge in [0.25, 0.3) is 0 Å². The molecule has 3 aliphatic rings. The molecule has 0 bridgehead atoms. The number of ether oxygens (including phenoxy) is 6. The number of hydrogen-bond acceptors (Lipinski definition) is 12. The standard InChI is InChI=1S/C34H57N3O10.Re/c1-13-24-34(8)28(36-32(41)47-34)20(4)25(38)18(2)17-33(7,43-15-14-35-9)29(21(5)26(39)22(6)30(40)45-24)46-31-27(42-12)23(37(10)11)16-19(3)44-31;/h14,18-24,27-29,31H,13,15-17H2,1-12H3,(H,36,41);/p-1/t18-,19-,20+,21+,22-,23+,24-,27-,28-,29-,31+,33+,34-;/m1./s1. The van der Waals surface area contributed by atoms with Crippen molar-refractivity contribution in [2.75, 3.05) is 34.9 Å². The predicted octanol–water partition coefficient (Wildman–Crippen LogP) is 3.98. The smallest absolute Gasteiger partial charge is 0.316 e. The van der Waals surface area contributed by atoms with Crippen molar-refractivity contribution in [3.05, 3.63) is 5.32 Å². The average molecular weight is 853 g/mol. The Morgan fingerprint density at radius 3 is 2.25 bits per heavy atom. The Bertz CT molecular complexity index is 1170. The first kappa shape index (κ1) is 42.4. The summed E-state index contributed by atoms with van der Waals surface area (Å²) in [5.74, 6) is -4.89. The molecule has 3 aliphatic heterocycles. The number of ketones is 2. The molecule has 13 nitrogen and oxygen atoms in total. The normalized spacial score (nSPS) is 41.6. The number of carbonyl (C=O) groups is 4. The Morgan fingerprint density at radius 2 is 1.69 bits per heavy atom. The molecule has 0 aliphatic carbocycles. The van der Waals surface area contributed by atoms with E-state index in [1.807, 2.05) is 21.0 Å². The van der Waals surface area contributed by atoms with Gasteiger partial charge in [-0.05, 0) is 61.1 Å². The SMILES string of the molecule is CC[C@H]1OC(=O)[C@H](C)C(=O)[C@H](C)[C@@H](O[C@@H]2O[C@H](C)C[C@H](N(C)C)[C@H]2OC)[C@@](C)(OCC=NC)C[C@@H](C)C(=O)[C@H](C)[C@H]2[N-]C(=O)O[C@@]21C.[Re]. The molecule has 3 heterocycles. The molecule has 1 radical (unpaired) electrons. The van der Waals surface area contributed by atoms with E-state index in [1.54, 1.807) is 61.9 Å². The molecule has 13 atom stereocenters. The molecule has 0 aromatic rings. The van der Waals surface area contributed by atoms with Gasteiger partial charge in [0.05, 0.1) is 24.4 Å². The van der Waals surface area contributed by atoms with Gasteiger partial charge in [-0.15, -0.1) is 0 Å². The zero-order chi connectivity index (χ0) is 35.4. The number of hydrogen-bond donors (Lipinski definition) is 0. The van der Waals surface area contributed by atoms with Crippen LogP contribution in [0.25, 0.3) is 5.32 Å². The third kappa shape index (κ3) is 8.92. The van der Waals surface area contributed by atoms with E-state index >= 15 is 0 Å². The fourth-order valence-electron chi connectivity index (χ4n) is 7.60. The van der Waals surface area contributed by atoms with Crippen molar-refractivity contribution in [2.24, 2.45) is 28.7 Å². The summed E-state index contributed by atoms with van der Waals surface area (Å²) in [7, 11) is 7.13. The van der Waals surface area contributed by atoms with Gasteiger partial charge in [-0.25, -0.2) is 0 Å². The van der Waals surface area contributed by atoms with Crippen molar-refractivity contribution in [1.29, 1.82) is 0 Å². The number of nitrogens with zero attached hydrogens (tertiary/aromatic N) is 3. The topological polar surface area (TPSA) is 153 Å². The van der Waals surface area contributed by atoms with Crippen LogP contribution < -0.4 is 0 Å². The number of fused-ring (bicyclic) bond motifs is 1. The van der Waals surface area contributed by atoms with Gasteiger partial charge in [0.1, 0.15) is 29.5 Å². The van der Waals surface area contributed by atoms with E-state index in [0.717, 1.165) is 0 Å². The van der Waals surface area contributed by atoms with Crippen molar-refractivity contribution >= 4 is 29.8 Å². The third-order valence-corrected chi connectivity index (χ3v) is 10.3. The van der Waals surface area contributed by atoms with E-state index < -0.39 is 83.4 Å². The van der Waals surface area contributed by atoms with E-state index in [2.05, 4.69) is 15.2 Å². The number of carbonyl (C=O) groups excluding carboxylic acids is 4. The molecule has 3 fully saturated rings. The number of rotatable bonds is 8. The molecule has 0 spiro atoms.